The highest BCUT2D eigenvalue weighted by molar-refractivity contribution is 5.71. The molecule has 5 nitrogen and oxygen atoms in total. The summed E-state index contributed by atoms with van der Waals surface area (Å²) in [6.45, 7) is 1.01. The molecule has 0 unspecified atom stereocenters. The van der Waals surface area contributed by atoms with Crippen LogP contribution in [0.25, 0.3) is 11.3 Å². The molecular weight excluding hydrogens is 324 g/mol. The van der Waals surface area contributed by atoms with E-state index in [0.29, 0.717) is 6.10 Å². The van der Waals surface area contributed by atoms with Gasteiger partial charge >= 0.3 is 0 Å². The fraction of sp³-hybridized carbons (Fsp3) is 0.619. The van der Waals surface area contributed by atoms with Crippen LogP contribution in [0.1, 0.15) is 57.8 Å². The van der Waals surface area contributed by atoms with Crippen molar-refractivity contribution in [2.75, 3.05) is 11.9 Å². The number of rotatable bonds is 6. The van der Waals surface area contributed by atoms with Crippen molar-refractivity contribution >= 4 is 5.82 Å². The monoisotopic (exact) mass is 354 g/mol. The predicted octanol–water partition coefficient (Wildman–Crippen LogP) is 4.80. The van der Waals surface area contributed by atoms with E-state index in [2.05, 4.69) is 39.9 Å². The van der Waals surface area contributed by atoms with Crippen LogP contribution in [0.15, 0.2) is 24.3 Å². The SMILES string of the molecule is Cn1nnc(-c2ccc(OC3CCCCC3)cc2)c1NCC1CCCC1. The number of aromatic nitrogens is 3. The van der Waals surface area contributed by atoms with Crippen LogP contribution >= 0.6 is 0 Å². The van der Waals surface area contributed by atoms with Crippen LogP contribution in [0.5, 0.6) is 5.75 Å². The number of aryl methyl sites for hydroxylation is 1. The molecule has 2 aliphatic rings. The minimum atomic E-state index is 0.384. The van der Waals surface area contributed by atoms with Crippen LogP contribution in [-0.2, 0) is 7.05 Å². The Kier molecular flexibility index (Phi) is 5.42. The van der Waals surface area contributed by atoms with Crippen molar-refractivity contribution in [3.8, 4) is 17.0 Å². The van der Waals surface area contributed by atoms with Crippen molar-refractivity contribution in [2.45, 2.75) is 63.9 Å². The molecule has 0 bridgehead atoms. The number of ether oxygens (including phenoxy) is 1. The molecule has 2 aromatic rings. The molecule has 5 heteroatoms. The third kappa shape index (κ3) is 4.02. The zero-order chi connectivity index (χ0) is 17.8. The number of nitrogens with zero attached hydrogens (tertiary/aromatic N) is 3. The standard InChI is InChI=1S/C21H30N4O/c1-25-21(22-15-16-7-5-6-8-16)20(23-24-25)17-11-13-19(14-12-17)26-18-9-3-2-4-10-18/h11-14,16,18,22H,2-10,15H2,1H3. The van der Waals surface area contributed by atoms with Crippen molar-refractivity contribution in [2.24, 2.45) is 13.0 Å². The zero-order valence-electron chi connectivity index (χ0n) is 15.8. The Hall–Kier alpha value is -2.04. The molecule has 140 valence electrons. The molecule has 2 saturated carbocycles. The Labute approximate surface area is 156 Å². The first-order valence-electron chi connectivity index (χ1n) is 10.2. The quantitative estimate of drug-likeness (QED) is 0.810. The summed E-state index contributed by atoms with van der Waals surface area (Å²) < 4.78 is 7.98. The van der Waals surface area contributed by atoms with Gasteiger partial charge in [0, 0.05) is 19.2 Å². The lowest BCUT2D eigenvalue weighted by Gasteiger charge is -2.23. The first-order chi connectivity index (χ1) is 12.8. The Morgan fingerprint density at radius 2 is 1.69 bits per heavy atom. The van der Waals surface area contributed by atoms with Gasteiger partial charge in [-0.15, -0.1) is 5.10 Å². The van der Waals surface area contributed by atoms with Crippen LogP contribution in [0.3, 0.4) is 0 Å². The summed E-state index contributed by atoms with van der Waals surface area (Å²) in [5.74, 6) is 2.76. The second kappa shape index (κ2) is 8.11. The van der Waals surface area contributed by atoms with Crippen LogP contribution < -0.4 is 10.1 Å². The number of anilines is 1. The van der Waals surface area contributed by atoms with E-state index in [-0.39, 0.29) is 0 Å². The van der Waals surface area contributed by atoms with E-state index >= 15 is 0 Å². The van der Waals surface area contributed by atoms with Gasteiger partial charge in [-0.2, -0.15) is 0 Å². The summed E-state index contributed by atoms with van der Waals surface area (Å²) >= 11 is 0. The lowest BCUT2D eigenvalue weighted by Crippen LogP contribution is -2.19. The summed E-state index contributed by atoms with van der Waals surface area (Å²) in [7, 11) is 1.95. The fourth-order valence-corrected chi connectivity index (χ4v) is 4.27. The van der Waals surface area contributed by atoms with Crippen molar-refractivity contribution in [1.29, 1.82) is 0 Å². The van der Waals surface area contributed by atoms with Gasteiger partial charge in [-0.25, -0.2) is 4.68 Å². The van der Waals surface area contributed by atoms with Gasteiger partial charge in [0.15, 0.2) is 5.82 Å². The molecule has 4 rings (SSSR count). The van der Waals surface area contributed by atoms with E-state index in [9.17, 15) is 0 Å². The summed E-state index contributed by atoms with van der Waals surface area (Å²) in [4.78, 5) is 0. The predicted molar refractivity (Wildman–Crippen MR) is 104 cm³/mol. The average Bonchev–Trinajstić information content (AvgIpc) is 3.31. The second-order valence-electron chi connectivity index (χ2n) is 7.84. The molecule has 0 radical (unpaired) electrons. The molecule has 0 amide bonds. The maximum Gasteiger partial charge on any atom is 0.152 e. The van der Waals surface area contributed by atoms with Gasteiger partial charge < -0.3 is 10.1 Å². The highest BCUT2D eigenvalue weighted by atomic mass is 16.5. The molecule has 2 aliphatic carbocycles. The number of nitrogens with one attached hydrogen (secondary N) is 1. The first kappa shape index (κ1) is 17.4. The minimum Gasteiger partial charge on any atom is -0.490 e. The van der Waals surface area contributed by atoms with E-state index in [1.807, 2.05) is 11.7 Å². The van der Waals surface area contributed by atoms with Gasteiger partial charge in [0.25, 0.3) is 0 Å². The highest BCUT2D eigenvalue weighted by Crippen LogP contribution is 2.30. The number of hydrogen-bond donors (Lipinski definition) is 1. The Morgan fingerprint density at radius 1 is 1.00 bits per heavy atom. The minimum absolute atomic E-state index is 0.384. The molecule has 1 aromatic carbocycles. The van der Waals surface area contributed by atoms with Gasteiger partial charge in [-0.1, -0.05) is 24.5 Å². The topological polar surface area (TPSA) is 52.0 Å². The smallest absolute Gasteiger partial charge is 0.152 e. The zero-order valence-corrected chi connectivity index (χ0v) is 15.8. The van der Waals surface area contributed by atoms with E-state index < -0.39 is 0 Å². The molecule has 2 fully saturated rings. The van der Waals surface area contributed by atoms with Gasteiger partial charge in [-0.05, 0) is 68.7 Å². The van der Waals surface area contributed by atoms with Crippen molar-refractivity contribution in [3.05, 3.63) is 24.3 Å². The van der Waals surface area contributed by atoms with Crippen molar-refractivity contribution < 1.29 is 4.74 Å². The van der Waals surface area contributed by atoms with Crippen LogP contribution in [0, 0.1) is 5.92 Å². The van der Waals surface area contributed by atoms with Gasteiger partial charge in [0.05, 0.1) is 6.10 Å². The molecule has 1 heterocycles. The Bertz CT molecular complexity index is 697. The molecule has 26 heavy (non-hydrogen) atoms. The highest BCUT2D eigenvalue weighted by Gasteiger charge is 2.18. The average molecular weight is 354 g/mol. The lowest BCUT2D eigenvalue weighted by atomic mass is 9.98. The second-order valence-corrected chi connectivity index (χ2v) is 7.84. The molecule has 1 aromatic heterocycles. The van der Waals surface area contributed by atoms with E-state index in [1.165, 1.54) is 57.8 Å². The third-order valence-corrected chi connectivity index (χ3v) is 5.84. The summed E-state index contributed by atoms with van der Waals surface area (Å²) in [6, 6.07) is 8.34. The van der Waals surface area contributed by atoms with Gasteiger partial charge in [-0.3, -0.25) is 0 Å². The van der Waals surface area contributed by atoms with Crippen molar-refractivity contribution in [3.63, 3.8) is 0 Å². The fourth-order valence-electron chi connectivity index (χ4n) is 4.27. The largest absolute Gasteiger partial charge is 0.490 e. The third-order valence-electron chi connectivity index (χ3n) is 5.84. The maximum absolute atomic E-state index is 6.14. The van der Waals surface area contributed by atoms with Gasteiger partial charge in [0.1, 0.15) is 11.4 Å². The number of benzene rings is 1. The van der Waals surface area contributed by atoms with E-state index in [0.717, 1.165) is 35.3 Å². The van der Waals surface area contributed by atoms with Crippen LogP contribution in [0.2, 0.25) is 0 Å². The van der Waals surface area contributed by atoms with E-state index in [4.69, 9.17) is 4.74 Å². The summed E-state index contributed by atoms with van der Waals surface area (Å²) in [6.07, 6.45) is 12.1. The van der Waals surface area contributed by atoms with E-state index in [1.54, 1.807) is 0 Å². The van der Waals surface area contributed by atoms with Gasteiger partial charge in [0.2, 0.25) is 0 Å². The first-order valence-corrected chi connectivity index (χ1v) is 10.2. The molecular formula is C21H30N4O. The molecule has 0 aliphatic heterocycles. The molecule has 0 spiro atoms. The Morgan fingerprint density at radius 3 is 2.42 bits per heavy atom. The van der Waals surface area contributed by atoms with Crippen molar-refractivity contribution in [1.82, 2.24) is 15.0 Å². The molecule has 0 atom stereocenters. The molecule has 1 N–H and O–H groups in total. The maximum atomic E-state index is 6.14. The summed E-state index contributed by atoms with van der Waals surface area (Å²) in [5.41, 5.74) is 2.01. The lowest BCUT2D eigenvalue weighted by molar-refractivity contribution is 0.155. The molecule has 0 saturated heterocycles. The Balaban J connectivity index is 1.43. The van der Waals surface area contributed by atoms with Crippen LogP contribution in [-0.4, -0.2) is 27.6 Å². The van der Waals surface area contributed by atoms with Crippen LogP contribution in [0.4, 0.5) is 5.82 Å². The normalized spacial score (nSPS) is 19.0. The number of hydrogen-bond acceptors (Lipinski definition) is 4. The summed E-state index contributed by atoms with van der Waals surface area (Å²) in [5, 5.41) is 12.2.